The van der Waals surface area contributed by atoms with Crippen molar-refractivity contribution in [2.75, 3.05) is 17.2 Å². The molecule has 0 bridgehead atoms. The van der Waals surface area contributed by atoms with Crippen LogP contribution in [0.25, 0.3) is 0 Å². The molecule has 100 valence electrons. The molecule has 3 heterocycles. The molecule has 2 aromatic heterocycles. The van der Waals surface area contributed by atoms with Crippen LogP contribution in [-0.2, 0) is 6.54 Å². The second kappa shape index (κ2) is 4.87. The predicted octanol–water partition coefficient (Wildman–Crippen LogP) is 1.23. The Morgan fingerprint density at radius 3 is 3.05 bits per heavy atom. The molecule has 1 fully saturated rings. The smallest absolute Gasteiger partial charge is 0.222 e. The van der Waals surface area contributed by atoms with Crippen LogP contribution >= 0.6 is 0 Å². The van der Waals surface area contributed by atoms with Crippen molar-refractivity contribution in [2.45, 2.75) is 32.4 Å². The summed E-state index contributed by atoms with van der Waals surface area (Å²) in [5.74, 6) is 1.28. The van der Waals surface area contributed by atoms with E-state index in [4.69, 9.17) is 5.73 Å². The third-order valence-electron chi connectivity index (χ3n) is 3.49. The normalized spacial score (nSPS) is 19.0. The van der Waals surface area contributed by atoms with Gasteiger partial charge in [0.25, 0.3) is 0 Å². The van der Waals surface area contributed by atoms with Crippen molar-refractivity contribution in [3.8, 4) is 0 Å². The fraction of sp³-hybridized carbons (Fsp3) is 0.462. The molecule has 1 saturated heterocycles. The molecule has 0 saturated carbocycles. The van der Waals surface area contributed by atoms with Crippen LogP contribution in [0.1, 0.15) is 18.5 Å². The summed E-state index contributed by atoms with van der Waals surface area (Å²) in [4.78, 5) is 10.8. The second-order valence-electron chi connectivity index (χ2n) is 4.94. The average Bonchev–Trinajstić information content (AvgIpc) is 2.99. The molecule has 1 atom stereocenters. The summed E-state index contributed by atoms with van der Waals surface area (Å²) in [7, 11) is 0. The van der Waals surface area contributed by atoms with Crippen molar-refractivity contribution in [3.63, 3.8) is 0 Å². The molecule has 0 aliphatic carbocycles. The maximum Gasteiger partial charge on any atom is 0.222 e. The van der Waals surface area contributed by atoms with Gasteiger partial charge in [-0.3, -0.25) is 4.68 Å². The number of rotatable bonds is 3. The van der Waals surface area contributed by atoms with Crippen LogP contribution < -0.4 is 10.6 Å². The lowest BCUT2D eigenvalue weighted by molar-refractivity contribution is 0.507. The largest absolute Gasteiger partial charge is 0.368 e. The van der Waals surface area contributed by atoms with E-state index in [9.17, 15) is 0 Å². The van der Waals surface area contributed by atoms with Gasteiger partial charge >= 0.3 is 0 Å². The van der Waals surface area contributed by atoms with E-state index in [0.29, 0.717) is 12.0 Å². The molecule has 1 aliphatic heterocycles. The molecule has 2 aromatic rings. The minimum atomic E-state index is 0.347. The van der Waals surface area contributed by atoms with E-state index < -0.39 is 0 Å². The molecule has 0 unspecified atom stereocenters. The van der Waals surface area contributed by atoms with Crippen LogP contribution in [0.5, 0.6) is 0 Å². The Kier molecular flexibility index (Phi) is 3.06. The third-order valence-corrected chi connectivity index (χ3v) is 3.49. The molecular formula is C13H18N6. The summed E-state index contributed by atoms with van der Waals surface area (Å²) in [6.07, 6.45) is 6.14. The Balaban J connectivity index is 1.82. The molecule has 0 spiro atoms. The summed E-state index contributed by atoms with van der Waals surface area (Å²) in [6, 6.07) is 4.37. The fourth-order valence-corrected chi connectivity index (χ4v) is 2.67. The Morgan fingerprint density at radius 1 is 1.42 bits per heavy atom. The molecular weight excluding hydrogens is 240 g/mol. The second-order valence-corrected chi connectivity index (χ2v) is 4.94. The van der Waals surface area contributed by atoms with Crippen molar-refractivity contribution < 1.29 is 0 Å². The monoisotopic (exact) mass is 258 g/mol. The van der Waals surface area contributed by atoms with Gasteiger partial charge in [-0.1, -0.05) is 0 Å². The number of anilines is 2. The summed E-state index contributed by atoms with van der Waals surface area (Å²) in [5, 5.41) is 4.28. The lowest BCUT2D eigenvalue weighted by atomic mass is 10.2. The highest BCUT2D eigenvalue weighted by Gasteiger charge is 2.26. The van der Waals surface area contributed by atoms with E-state index in [1.807, 2.05) is 36.1 Å². The quantitative estimate of drug-likeness (QED) is 0.896. The number of hydrogen-bond acceptors (Lipinski definition) is 5. The average molecular weight is 258 g/mol. The van der Waals surface area contributed by atoms with Gasteiger partial charge in [-0.05, 0) is 25.8 Å². The van der Waals surface area contributed by atoms with Crippen LogP contribution in [0.2, 0.25) is 0 Å². The molecule has 19 heavy (non-hydrogen) atoms. The lowest BCUT2D eigenvalue weighted by Crippen LogP contribution is -2.34. The standard InChI is InChI=1S/C13H18N6/c1-10-8-12(17-13(14)16-10)19-7-2-4-11(19)9-18-6-3-5-15-18/h3,5-6,8,11H,2,4,7,9H2,1H3,(H2,14,16,17)/t11-/m0/s1. The number of nitrogens with zero attached hydrogens (tertiary/aromatic N) is 5. The first-order valence-corrected chi connectivity index (χ1v) is 6.57. The van der Waals surface area contributed by atoms with Gasteiger partial charge in [-0.25, -0.2) is 4.98 Å². The van der Waals surface area contributed by atoms with Crippen molar-refractivity contribution in [3.05, 3.63) is 30.2 Å². The Morgan fingerprint density at radius 2 is 2.32 bits per heavy atom. The molecule has 3 rings (SSSR count). The van der Waals surface area contributed by atoms with E-state index >= 15 is 0 Å². The maximum absolute atomic E-state index is 5.74. The Labute approximate surface area is 112 Å². The van der Waals surface area contributed by atoms with Gasteiger partial charge in [0.05, 0.1) is 12.6 Å². The van der Waals surface area contributed by atoms with Gasteiger partial charge in [0, 0.05) is 30.7 Å². The first-order chi connectivity index (χ1) is 9.22. The highest BCUT2D eigenvalue weighted by atomic mass is 15.3. The number of aromatic nitrogens is 4. The van der Waals surface area contributed by atoms with Crippen LogP contribution in [0.15, 0.2) is 24.5 Å². The summed E-state index contributed by atoms with van der Waals surface area (Å²) in [5.41, 5.74) is 6.65. The zero-order valence-electron chi connectivity index (χ0n) is 11.0. The van der Waals surface area contributed by atoms with E-state index in [1.54, 1.807) is 0 Å². The maximum atomic E-state index is 5.74. The molecule has 2 N–H and O–H groups in total. The van der Waals surface area contributed by atoms with Crippen molar-refractivity contribution >= 4 is 11.8 Å². The number of hydrogen-bond donors (Lipinski definition) is 1. The summed E-state index contributed by atoms with van der Waals surface area (Å²) < 4.78 is 1.97. The minimum absolute atomic E-state index is 0.347. The molecule has 6 nitrogen and oxygen atoms in total. The van der Waals surface area contributed by atoms with Gasteiger partial charge < -0.3 is 10.6 Å². The van der Waals surface area contributed by atoms with Crippen molar-refractivity contribution in [2.24, 2.45) is 0 Å². The summed E-state index contributed by atoms with van der Waals surface area (Å²) in [6.45, 7) is 3.85. The summed E-state index contributed by atoms with van der Waals surface area (Å²) >= 11 is 0. The molecule has 1 aliphatic rings. The fourth-order valence-electron chi connectivity index (χ4n) is 2.67. The van der Waals surface area contributed by atoms with Crippen molar-refractivity contribution in [1.82, 2.24) is 19.7 Å². The van der Waals surface area contributed by atoms with Gasteiger partial charge in [-0.15, -0.1) is 0 Å². The van der Waals surface area contributed by atoms with Gasteiger partial charge in [0.1, 0.15) is 5.82 Å². The Hall–Kier alpha value is -2.11. The minimum Gasteiger partial charge on any atom is -0.368 e. The van der Waals surface area contributed by atoms with Gasteiger partial charge in [-0.2, -0.15) is 10.1 Å². The predicted molar refractivity (Wildman–Crippen MR) is 73.8 cm³/mol. The van der Waals surface area contributed by atoms with Crippen molar-refractivity contribution in [1.29, 1.82) is 0 Å². The highest BCUT2D eigenvalue weighted by molar-refractivity contribution is 5.45. The molecule has 0 aromatic carbocycles. The SMILES string of the molecule is Cc1cc(N2CCC[C@H]2Cn2cccn2)nc(N)n1. The number of aryl methyl sites for hydroxylation is 1. The highest BCUT2D eigenvalue weighted by Crippen LogP contribution is 2.25. The first kappa shape index (κ1) is 12.0. The molecule has 0 radical (unpaired) electrons. The van der Waals surface area contributed by atoms with E-state index in [-0.39, 0.29) is 0 Å². The number of nitrogen functional groups attached to an aromatic ring is 1. The molecule has 0 amide bonds. The van der Waals surface area contributed by atoms with E-state index in [2.05, 4.69) is 20.0 Å². The van der Waals surface area contributed by atoms with Gasteiger partial charge in [0.15, 0.2) is 0 Å². The molecule has 6 heteroatoms. The number of nitrogens with two attached hydrogens (primary N) is 1. The van der Waals surface area contributed by atoms with Crippen LogP contribution in [0.4, 0.5) is 11.8 Å². The van der Waals surface area contributed by atoms with Crippen LogP contribution in [-0.4, -0.2) is 32.3 Å². The van der Waals surface area contributed by atoms with E-state index in [1.165, 1.54) is 6.42 Å². The van der Waals surface area contributed by atoms with Gasteiger partial charge in [0.2, 0.25) is 5.95 Å². The third kappa shape index (κ3) is 2.52. The Bertz CT molecular complexity index is 530. The topological polar surface area (TPSA) is 72.9 Å². The zero-order valence-corrected chi connectivity index (χ0v) is 11.0. The zero-order chi connectivity index (χ0) is 13.2. The van der Waals surface area contributed by atoms with Crippen LogP contribution in [0, 0.1) is 6.92 Å². The lowest BCUT2D eigenvalue weighted by Gasteiger charge is -2.26. The van der Waals surface area contributed by atoms with Crippen LogP contribution in [0.3, 0.4) is 0 Å². The van der Waals surface area contributed by atoms with E-state index in [0.717, 1.165) is 31.0 Å². The first-order valence-electron chi connectivity index (χ1n) is 6.57.